The number of carboxylic acids is 2. The Kier molecular flexibility index (Phi) is 3.05. The molecule has 90 valence electrons. The molecule has 5 nitrogen and oxygen atoms in total. The van der Waals surface area contributed by atoms with Crippen molar-refractivity contribution >= 4 is 11.9 Å². The molecule has 0 fully saturated rings. The highest BCUT2D eigenvalue weighted by atomic mass is 16.4. The first kappa shape index (κ1) is 11.8. The van der Waals surface area contributed by atoms with Crippen molar-refractivity contribution in [2.24, 2.45) is 0 Å². The van der Waals surface area contributed by atoms with E-state index in [0.717, 1.165) is 5.56 Å². The van der Waals surface area contributed by atoms with Crippen LogP contribution in [0.1, 0.15) is 20.8 Å². The Morgan fingerprint density at radius 2 is 1.56 bits per heavy atom. The van der Waals surface area contributed by atoms with Gasteiger partial charge in [0, 0.05) is 6.20 Å². The van der Waals surface area contributed by atoms with Crippen LogP contribution in [-0.4, -0.2) is 27.1 Å². The lowest BCUT2D eigenvalue weighted by molar-refractivity contribution is 0.0682. The number of nitrogens with zero attached hydrogens (tertiary/aromatic N) is 1. The molecule has 2 rings (SSSR count). The van der Waals surface area contributed by atoms with Gasteiger partial charge in [0.15, 0.2) is 0 Å². The fourth-order valence-electron chi connectivity index (χ4n) is 1.53. The van der Waals surface area contributed by atoms with Crippen molar-refractivity contribution in [1.82, 2.24) is 4.98 Å². The molecule has 1 aromatic carbocycles. The second kappa shape index (κ2) is 4.67. The zero-order valence-electron chi connectivity index (χ0n) is 9.20. The van der Waals surface area contributed by atoms with Crippen LogP contribution < -0.4 is 0 Å². The molecule has 0 aliphatic rings. The lowest BCUT2D eigenvalue weighted by Crippen LogP contribution is -1.99. The number of hydrogen-bond donors (Lipinski definition) is 2. The molecule has 0 saturated heterocycles. The Morgan fingerprint density at radius 1 is 0.889 bits per heavy atom. The second-order valence-corrected chi connectivity index (χ2v) is 3.62. The highest BCUT2D eigenvalue weighted by Gasteiger charge is 2.07. The minimum absolute atomic E-state index is 0.0465. The maximum absolute atomic E-state index is 10.8. The van der Waals surface area contributed by atoms with E-state index in [1.54, 1.807) is 18.2 Å². The third kappa shape index (κ3) is 2.35. The lowest BCUT2D eigenvalue weighted by atomic mass is 10.0. The van der Waals surface area contributed by atoms with Gasteiger partial charge in [-0.15, -0.1) is 0 Å². The molecule has 0 saturated carbocycles. The Bertz CT molecular complexity index is 605. The minimum Gasteiger partial charge on any atom is -0.478 e. The number of carboxylic acid groups (broad SMARTS) is 2. The number of aromatic carboxylic acids is 2. The van der Waals surface area contributed by atoms with E-state index in [4.69, 9.17) is 10.2 Å². The van der Waals surface area contributed by atoms with Crippen molar-refractivity contribution in [3.63, 3.8) is 0 Å². The summed E-state index contributed by atoms with van der Waals surface area (Å²) in [6.07, 6.45) is 1.41. The van der Waals surface area contributed by atoms with E-state index in [0.29, 0.717) is 5.56 Å². The van der Waals surface area contributed by atoms with Crippen LogP contribution >= 0.6 is 0 Å². The fraction of sp³-hybridized carbons (Fsp3) is 0. The molecule has 1 aromatic heterocycles. The van der Waals surface area contributed by atoms with E-state index in [1.165, 1.54) is 24.4 Å². The van der Waals surface area contributed by atoms with Crippen LogP contribution in [0.4, 0.5) is 0 Å². The molecule has 0 amide bonds. The summed E-state index contributed by atoms with van der Waals surface area (Å²) in [4.78, 5) is 25.2. The summed E-state index contributed by atoms with van der Waals surface area (Å²) in [5.74, 6) is -2.10. The van der Waals surface area contributed by atoms with Crippen LogP contribution in [0.2, 0.25) is 0 Å². The van der Waals surface area contributed by atoms with Crippen molar-refractivity contribution in [3.05, 3.63) is 53.9 Å². The second-order valence-electron chi connectivity index (χ2n) is 3.62. The first-order valence-corrected chi connectivity index (χ1v) is 5.11. The van der Waals surface area contributed by atoms with Crippen LogP contribution in [0.15, 0.2) is 42.6 Å². The van der Waals surface area contributed by atoms with Gasteiger partial charge in [0.25, 0.3) is 0 Å². The summed E-state index contributed by atoms with van der Waals surface area (Å²) in [5.41, 5.74) is 1.56. The van der Waals surface area contributed by atoms with E-state index < -0.39 is 11.9 Å². The monoisotopic (exact) mass is 243 g/mol. The van der Waals surface area contributed by atoms with Crippen molar-refractivity contribution in [2.45, 2.75) is 0 Å². The SMILES string of the molecule is O=C(O)c1ccc(-c2ccnc(C(=O)O)c2)cc1. The van der Waals surface area contributed by atoms with Crippen molar-refractivity contribution in [2.75, 3.05) is 0 Å². The Balaban J connectivity index is 2.39. The topological polar surface area (TPSA) is 87.5 Å². The predicted molar refractivity (Wildman–Crippen MR) is 63.6 cm³/mol. The lowest BCUT2D eigenvalue weighted by Gasteiger charge is -2.03. The Hall–Kier alpha value is -2.69. The predicted octanol–water partition coefficient (Wildman–Crippen LogP) is 2.15. The largest absolute Gasteiger partial charge is 0.478 e. The number of hydrogen-bond acceptors (Lipinski definition) is 3. The third-order valence-corrected chi connectivity index (χ3v) is 2.44. The van der Waals surface area contributed by atoms with E-state index in [-0.39, 0.29) is 11.3 Å². The van der Waals surface area contributed by atoms with Crippen LogP contribution in [0.3, 0.4) is 0 Å². The highest BCUT2D eigenvalue weighted by molar-refractivity contribution is 5.89. The van der Waals surface area contributed by atoms with Gasteiger partial charge < -0.3 is 10.2 Å². The van der Waals surface area contributed by atoms with Gasteiger partial charge in [0.2, 0.25) is 0 Å². The van der Waals surface area contributed by atoms with Gasteiger partial charge in [0.05, 0.1) is 5.56 Å². The molecule has 2 N–H and O–H groups in total. The van der Waals surface area contributed by atoms with Crippen molar-refractivity contribution < 1.29 is 19.8 Å². The molecule has 0 radical (unpaired) electrons. The zero-order valence-corrected chi connectivity index (χ0v) is 9.20. The maximum atomic E-state index is 10.8. The number of carbonyl (C=O) groups is 2. The molecule has 0 aliphatic heterocycles. The summed E-state index contributed by atoms with van der Waals surface area (Å²) in [6.45, 7) is 0. The van der Waals surface area contributed by atoms with Gasteiger partial charge in [-0.3, -0.25) is 0 Å². The molecule has 5 heteroatoms. The molecule has 0 bridgehead atoms. The molecule has 1 heterocycles. The van der Waals surface area contributed by atoms with Gasteiger partial charge in [0.1, 0.15) is 5.69 Å². The number of aromatic nitrogens is 1. The summed E-state index contributed by atoms with van der Waals surface area (Å²) < 4.78 is 0. The standard InChI is InChI=1S/C13H9NO4/c15-12(16)9-3-1-8(2-4-9)10-5-6-14-11(7-10)13(17)18/h1-7H,(H,15,16)(H,17,18). The first-order valence-electron chi connectivity index (χ1n) is 5.11. The average molecular weight is 243 g/mol. The zero-order chi connectivity index (χ0) is 13.1. The molecule has 18 heavy (non-hydrogen) atoms. The van der Waals surface area contributed by atoms with Crippen molar-refractivity contribution in [1.29, 1.82) is 0 Å². The van der Waals surface area contributed by atoms with Crippen LogP contribution in [-0.2, 0) is 0 Å². The van der Waals surface area contributed by atoms with E-state index in [2.05, 4.69) is 4.98 Å². The molecule has 2 aromatic rings. The fourth-order valence-corrected chi connectivity index (χ4v) is 1.53. The quantitative estimate of drug-likeness (QED) is 0.862. The van der Waals surface area contributed by atoms with E-state index >= 15 is 0 Å². The molecular formula is C13H9NO4. The van der Waals surface area contributed by atoms with Gasteiger partial charge >= 0.3 is 11.9 Å². The number of rotatable bonds is 3. The van der Waals surface area contributed by atoms with Crippen LogP contribution in [0, 0.1) is 0 Å². The first-order chi connectivity index (χ1) is 8.58. The number of pyridine rings is 1. The summed E-state index contributed by atoms with van der Waals surface area (Å²) in [6, 6.07) is 9.31. The maximum Gasteiger partial charge on any atom is 0.354 e. The number of benzene rings is 1. The molecule has 0 aliphatic carbocycles. The summed E-state index contributed by atoms with van der Waals surface area (Å²) in [5, 5.41) is 17.6. The smallest absolute Gasteiger partial charge is 0.354 e. The van der Waals surface area contributed by atoms with Crippen LogP contribution in [0.5, 0.6) is 0 Å². The van der Waals surface area contributed by atoms with Gasteiger partial charge in [-0.05, 0) is 35.4 Å². The minimum atomic E-state index is -1.10. The normalized spacial score (nSPS) is 10.0. The highest BCUT2D eigenvalue weighted by Crippen LogP contribution is 2.20. The van der Waals surface area contributed by atoms with E-state index in [9.17, 15) is 9.59 Å². The Labute approximate surface area is 102 Å². The molecule has 0 atom stereocenters. The van der Waals surface area contributed by atoms with Crippen molar-refractivity contribution in [3.8, 4) is 11.1 Å². The molecule has 0 spiro atoms. The van der Waals surface area contributed by atoms with Gasteiger partial charge in [-0.2, -0.15) is 0 Å². The van der Waals surface area contributed by atoms with Gasteiger partial charge in [-0.25, -0.2) is 14.6 Å². The molecular weight excluding hydrogens is 234 g/mol. The summed E-state index contributed by atoms with van der Waals surface area (Å²) >= 11 is 0. The molecule has 0 unspecified atom stereocenters. The summed E-state index contributed by atoms with van der Waals surface area (Å²) in [7, 11) is 0. The van der Waals surface area contributed by atoms with E-state index in [1.807, 2.05) is 0 Å². The third-order valence-electron chi connectivity index (χ3n) is 2.44. The average Bonchev–Trinajstić information content (AvgIpc) is 2.39. The van der Waals surface area contributed by atoms with Crippen LogP contribution in [0.25, 0.3) is 11.1 Å². The van der Waals surface area contributed by atoms with Gasteiger partial charge in [-0.1, -0.05) is 12.1 Å². The Morgan fingerprint density at radius 3 is 2.11 bits per heavy atom.